The first-order chi connectivity index (χ1) is 12.8. The van der Waals surface area contributed by atoms with E-state index in [1.807, 2.05) is 9.47 Å². The van der Waals surface area contributed by atoms with E-state index >= 15 is 4.39 Å². The molecular weight excluding hydrogens is 349 g/mol. The van der Waals surface area contributed by atoms with Gasteiger partial charge in [0, 0.05) is 43.5 Å². The molecule has 144 valence electrons. The number of fused-ring (bicyclic) bond motifs is 1. The number of hydrogen-bond acceptors (Lipinski definition) is 4. The number of rotatable bonds is 3. The van der Waals surface area contributed by atoms with E-state index < -0.39 is 17.2 Å². The molecule has 7 heteroatoms. The van der Waals surface area contributed by atoms with Gasteiger partial charge in [-0.2, -0.15) is 0 Å². The zero-order valence-corrected chi connectivity index (χ0v) is 15.8. The van der Waals surface area contributed by atoms with Gasteiger partial charge in [0.2, 0.25) is 5.43 Å². The van der Waals surface area contributed by atoms with E-state index in [1.54, 1.807) is 13.0 Å². The highest BCUT2D eigenvalue weighted by molar-refractivity contribution is 5.95. The fraction of sp³-hybridized carbons (Fsp3) is 0.500. The molecule has 4 rings (SSSR count). The third kappa shape index (κ3) is 2.90. The molecule has 27 heavy (non-hydrogen) atoms. The molecule has 2 fully saturated rings. The number of aromatic nitrogens is 1. The van der Waals surface area contributed by atoms with Crippen LogP contribution in [0, 0.1) is 12.7 Å². The summed E-state index contributed by atoms with van der Waals surface area (Å²) in [6, 6.07) is 2.21. The standard InChI is InChI=1S/C20H24FN3O3/c1-11-9-23(7-6-22(11)3)16-8-15-17(12(2)18(16)21)19(25)14(20(26)27)10-24(15)13-4-5-13/h8,10-11,13H,4-7,9H2,1-3H3,(H,26,27). The van der Waals surface area contributed by atoms with Crippen LogP contribution in [-0.2, 0) is 0 Å². The van der Waals surface area contributed by atoms with E-state index in [2.05, 4.69) is 18.9 Å². The van der Waals surface area contributed by atoms with Crippen molar-refractivity contribution in [2.24, 2.45) is 0 Å². The SMILES string of the molecule is Cc1c(F)c(N2CCN(C)C(C)C2)cc2c1c(=O)c(C(=O)O)cn2C1CC1. The molecule has 0 amide bonds. The number of pyridine rings is 1. The summed E-state index contributed by atoms with van der Waals surface area (Å²) < 4.78 is 17.1. The van der Waals surface area contributed by atoms with Gasteiger partial charge in [-0.3, -0.25) is 4.79 Å². The van der Waals surface area contributed by atoms with Crippen LogP contribution in [0.15, 0.2) is 17.1 Å². The average molecular weight is 373 g/mol. The van der Waals surface area contributed by atoms with E-state index in [-0.39, 0.29) is 22.6 Å². The molecule has 6 nitrogen and oxygen atoms in total. The molecule has 0 bridgehead atoms. The Morgan fingerprint density at radius 3 is 2.59 bits per heavy atom. The molecule has 0 spiro atoms. The Hall–Kier alpha value is -2.41. The number of nitrogens with zero attached hydrogens (tertiary/aromatic N) is 3. The highest BCUT2D eigenvalue weighted by atomic mass is 19.1. The maximum Gasteiger partial charge on any atom is 0.341 e. The number of carboxylic acid groups (broad SMARTS) is 1. The van der Waals surface area contributed by atoms with Crippen molar-refractivity contribution in [1.82, 2.24) is 9.47 Å². The number of carboxylic acids is 1. The van der Waals surface area contributed by atoms with Gasteiger partial charge in [-0.15, -0.1) is 0 Å². The Morgan fingerprint density at radius 1 is 1.30 bits per heavy atom. The fourth-order valence-electron chi connectivity index (χ4n) is 3.96. The first kappa shape index (κ1) is 18.0. The minimum atomic E-state index is -1.27. The van der Waals surface area contributed by atoms with E-state index in [0.29, 0.717) is 30.3 Å². The van der Waals surface area contributed by atoms with Crippen molar-refractivity contribution >= 4 is 22.6 Å². The maximum absolute atomic E-state index is 15.3. The lowest BCUT2D eigenvalue weighted by Gasteiger charge is -2.39. The lowest BCUT2D eigenvalue weighted by molar-refractivity contribution is 0.0695. The van der Waals surface area contributed by atoms with Crippen LogP contribution in [-0.4, -0.2) is 53.3 Å². The molecule has 1 atom stereocenters. The smallest absolute Gasteiger partial charge is 0.341 e. The minimum Gasteiger partial charge on any atom is -0.477 e. The number of piperazine rings is 1. The van der Waals surface area contributed by atoms with Crippen LogP contribution in [0.5, 0.6) is 0 Å². The van der Waals surface area contributed by atoms with Gasteiger partial charge in [-0.05, 0) is 39.8 Å². The van der Waals surface area contributed by atoms with Crippen molar-refractivity contribution in [1.29, 1.82) is 0 Å². The van der Waals surface area contributed by atoms with Gasteiger partial charge in [0.15, 0.2) is 0 Å². The number of carbonyl (C=O) groups is 1. The van der Waals surface area contributed by atoms with E-state index in [9.17, 15) is 14.7 Å². The normalized spacial score (nSPS) is 21.0. The van der Waals surface area contributed by atoms with Gasteiger partial charge in [0.25, 0.3) is 0 Å². The Kier molecular flexibility index (Phi) is 4.22. The third-order valence-electron chi connectivity index (χ3n) is 5.95. The van der Waals surface area contributed by atoms with Crippen molar-refractivity contribution in [3.63, 3.8) is 0 Å². The van der Waals surface area contributed by atoms with Crippen molar-refractivity contribution in [3.05, 3.63) is 39.4 Å². The second-order valence-electron chi connectivity index (χ2n) is 7.82. The minimum absolute atomic E-state index is 0.176. The summed E-state index contributed by atoms with van der Waals surface area (Å²) in [6.45, 7) is 5.94. The number of benzene rings is 1. The zero-order valence-electron chi connectivity index (χ0n) is 15.8. The number of hydrogen-bond donors (Lipinski definition) is 1. The van der Waals surface area contributed by atoms with Crippen LogP contribution in [0.2, 0.25) is 0 Å². The Labute approximate surface area is 156 Å². The zero-order chi connectivity index (χ0) is 19.5. The Bertz CT molecular complexity index is 996. The molecule has 2 aliphatic rings. The van der Waals surface area contributed by atoms with Crippen LogP contribution in [0.25, 0.3) is 10.9 Å². The number of aryl methyl sites for hydroxylation is 1. The van der Waals surface area contributed by atoms with Gasteiger partial charge < -0.3 is 19.5 Å². The molecule has 1 aliphatic heterocycles. The quantitative estimate of drug-likeness (QED) is 0.896. The molecule has 1 aromatic carbocycles. The first-order valence-electron chi connectivity index (χ1n) is 9.36. The Morgan fingerprint density at radius 2 is 2.00 bits per heavy atom. The third-order valence-corrected chi connectivity index (χ3v) is 5.95. The summed E-state index contributed by atoms with van der Waals surface area (Å²) in [5.41, 5.74) is 0.461. The summed E-state index contributed by atoms with van der Waals surface area (Å²) in [7, 11) is 2.06. The lowest BCUT2D eigenvalue weighted by Crippen LogP contribution is -2.50. The molecule has 1 saturated heterocycles. The van der Waals surface area contributed by atoms with Gasteiger partial charge in [-0.25, -0.2) is 9.18 Å². The summed E-state index contributed by atoms with van der Waals surface area (Å²) in [5, 5.41) is 9.59. The molecule has 1 aromatic heterocycles. The molecule has 1 N–H and O–H groups in total. The topological polar surface area (TPSA) is 65.8 Å². The predicted octanol–water partition coefficient (Wildman–Crippen LogP) is 2.62. The Balaban J connectivity index is 1.95. The van der Waals surface area contributed by atoms with Crippen LogP contribution in [0.1, 0.15) is 41.7 Å². The summed E-state index contributed by atoms with van der Waals surface area (Å²) >= 11 is 0. The largest absolute Gasteiger partial charge is 0.477 e. The highest BCUT2D eigenvalue weighted by Crippen LogP contribution is 2.39. The summed E-state index contributed by atoms with van der Waals surface area (Å²) in [4.78, 5) is 28.5. The van der Waals surface area contributed by atoms with Gasteiger partial charge >= 0.3 is 5.97 Å². The van der Waals surface area contributed by atoms with E-state index in [0.717, 1.165) is 19.4 Å². The van der Waals surface area contributed by atoms with E-state index in [4.69, 9.17) is 0 Å². The molecular formula is C20H24FN3O3. The molecule has 1 unspecified atom stereocenters. The van der Waals surface area contributed by atoms with Gasteiger partial charge in [0.1, 0.15) is 11.4 Å². The predicted molar refractivity (Wildman–Crippen MR) is 102 cm³/mol. The fourth-order valence-corrected chi connectivity index (χ4v) is 3.96. The number of anilines is 1. The molecule has 2 heterocycles. The van der Waals surface area contributed by atoms with Crippen LogP contribution < -0.4 is 10.3 Å². The second-order valence-corrected chi connectivity index (χ2v) is 7.82. The average Bonchev–Trinajstić information content (AvgIpc) is 3.45. The molecule has 2 aromatic rings. The second kappa shape index (κ2) is 6.34. The lowest BCUT2D eigenvalue weighted by atomic mass is 10.0. The van der Waals surface area contributed by atoms with Crippen molar-refractivity contribution in [3.8, 4) is 0 Å². The van der Waals surface area contributed by atoms with Gasteiger partial charge in [0.05, 0.1) is 16.6 Å². The van der Waals surface area contributed by atoms with Crippen LogP contribution in [0.4, 0.5) is 10.1 Å². The first-order valence-corrected chi connectivity index (χ1v) is 9.36. The monoisotopic (exact) mass is 373 g/mol. The van der Waals surface area contributed by atoms with E-state index in [1.165, 1.54) is 6.20 Å². The summed E-state index contributed by atoms with van der Waals surface area (Å²) in [5.74, 6) is -1.70. The number of aromatic carboxylic acids is 1. The summed E-state index contributed by atoms with van der Waals surface area (Å²) in [6.07, 6.45) is 3.31. The van der Waals surface area contributed by atoms with Crippen molar-refractivity contribution < 1.29 is 14.3 Å². The molecule has 0 radical (unpaired) electrons. The van der Waals surface area contributed by atoms with Crippen LogP contribution >= 0.6 is 0 Å². The van der Waals surface area contributed by atoms with Gasteiger partial charge in [-0.1, -0.05) is 0 Å². The highest BCUT2D eigenvalue weighted by Gasteiger charge is 2.30. The molecule has 1 aliphatic carbocycles. The maximum atomic E-state index is 15.3. The molecule has 1 saturated carbocycles. The van der Waals surface area contributed by atoms with Crippen molar-refractivity contribution in [2.75, 3.05) is 31.6 Å². The number of halogens is 1. The van der Waals surface area contributed by atoms with Crippen LogP contribution in [0.3, 0.4) is 0 Å². The number of likely N-dealkylation sites (N-methyl/N-ethyl adjacent to an activating group) is 1. The van der Waals surface area contributed by atoms with Crippen molar-refractivity contribution in [2.45, 2.75) is 38.8 Å².